The molecule has 0 bridgehead atoms. The lowest BCUT2D eigenvalue weighted by Crippen LogP contribution is -2.50. The van der Waals surface area contributed by atoms with Crippen LogP contribution in [0.25, 0.3) is 0 Å². The van der Waals surface area contributed by atoms with E-state index in [4.69, 9.17) is 4.74 Å². The molecular formula is C16H22N2O3. The summed E-state index contributed by atoms with van der Waals surface area (Å²) < 4.78 is 5.61. The molecule has 5 nitrogen and oxygen atoms in total. The molecule has 2 aliphatic rings. The molecule has 1 saturated heterocycles. The minimum absolute atomic E-state index is 0.0195. The van der Waals surface area contributed by atoms with E-state index >= 15 is 0 Å². The number of amides is 1. The van der Waals surface area contributed by atoms with Crippen LogP contribution >= 0.6 is 0 Å². The number of aliphatic hydroxyl groups excluding tert-OH is 1. The van der Waals surface area contributed by atoms with Crippen LogP contribution in [0, 0.1) is 0 Å². The molecule has 3 atom stereocenters. The van der Waals surface area contributed by atoms with Gasteiger partial charge in [0.15, 0.2) is 0 Å². The van der Waals surface area contributed by atoms with E-state index in [2.05, 4.69) is 10.6 Å². The molecule has 3 unspecified atom stereocenters. The lowest BCUT2D eigenvalue weighted by Gasteiger charge is -2.30. The molecule has 1 aromatic carbocycles. The minimum Gasteiger partial charge on any atom is -0.389 e. The minimum atomic E-state index is -0.568. The van der Waals surface area contributed by atoms with Crippen LogP contribution in [0.3, 0.4) is 0 Å². The van der Waals surface area contributed by atoms with Crippen LogP contribution in [0.2, 0.25) is 0 Å². The van der Waals surface area contributed by atoms with E-state index < -0.39 is 6.10 Å². The van der Waals surface area contributed by atoms with Crippen molar-refractivity contribution in [3.05, 3.63) is 35.9 Å². The van der Waals surface area contributed by atoms with Gasteiger partial charge in [-0.05, 0) is 25.0 Å². The van der Waals surface area contributed by atoms with E-state index in [1.54, 1.807) is 12.1 Å². The Balaban J connectivity index is 1.46. The Labute approximate surface area is 124 Å². The third-order valence-electron chi connectivity index (χ3n) is 4.34. The Hall–Kier alpha value is -1.43. The number of hydrogen-bond acceptors (Lipinski definition) is 4. The maximum Gasteiger partial charge on any atom is 0.251 e. The van der Waals surface area contributed by atoms with E-state index in [0.717, 1.165) is 0 Å². The predicted octanol–water partition coefficient (Wildman–Crippen LogP) is 0.687. The molecule has 5 heteroatoms. The Bertz CT molecular complexity index is 476. The average Bonchev–Trinajstić information content (AvgIpc) is 2.82. The van der Waals surface area contributed by atoms with Crippen LogP contribution < -0.4 is 10.6 Å². The van der Waals surface area contributed by atoms with E-state index in [-0.39, 0.29) is 18.1 Å². The zero-order valence-electron chi connectivity index (χ0n) is 12.0. The smallest absolute Gasteiger partial charge is 0.251 e. The van der Waals surface area contributed by atoms with Crippen molar-refractivity contribution >= 4 is 5.91 Å². The number of rotatable bonds is 5. The molecule has 1 heterocycles. The van der Waals surface area contributed by atoms with Gasteiger partial charge >= 0.3 is 0 Å². The van der Waals surface area contributed by atoms with Gasteiger partial charge in [0.2, 0.25) is 0 Å². The lowest BCUT2D eigenvalue weighted by molar-refractivity contribution is 0.0392. The molecule has 1 aromatic rings. The first-order valence-corrected chi connectivity index (χ1v) is 7.63. The molecule has 1 aliphatic heterocycles. The molecule has 2 fully saturated rings. The lowest BCUT2D eigenvalue weighted by atomic mass is 9.92. The van der Waals surface area contributed by atoms with Gasteiger partial charge in [-0.1, -0.05) is 24.6 Å². The molecule has 0 radical (unpaired) electrons. The van der Waals surface area contributed by atoms with Gasteiger partial charge in [-0.2, -0.15) is 0 Å². The number of aliphatic hydroxyl groups is 1. The normalized spacial score (nSPS) is 29.1. The van der Waals surface area contributed by atoms with Crippen molar-refractivity contribution < 1.29 is 14.6 Å². The van der Waals surface area contributed by atoms with Crippen molar-refractivity contribution in [3.8, 4) is 0 Å². The standard InChI is InChI=1S/C16H22N2O3/c19-15-13(18-12-7-4-8-12)10-21-14(15)9-17-16(20)11-5-2-1-3-6-11/h1-3,5-6,12-15,18-19H,4,7-10H2,(H,17,20). The molecule has 3 rings (SSSR count). The summed E-state index contributed by atoms with van der Waals surface area (Å²) >= 11 is 0. The molecule has 0 spiro atoms. The highest BCUT2D eigenvalue weighted by molar-refractivity contribution is 5.94. The van der Waals surface area contributed by atoms with Crippen molar-refractivity contribution in [3.63, 3.8) is 0 Å². The first-order chi connectivity index (χ1) is 10.2. The number of carbonyl (C=O) groups is 1. The molecule has 0 aromatic heterocycles. The van der Waals surface area contributed by atoms with Crippen molar-refractivity contribution in [2.75, 3.05) is 13.2 Å². The fourth-order valence-corrected chi connectivity index (χ4v) is 2.77. The summed E-state index contributed by atoms with van der Waals surface area (Å²) in [5.41, 5.74) is 0.620. The molecule has 114 valence electrons. The molecule has 1 saturated carbocycles. The van der Waals surface area contributed by atoms with Crippen LogP contribution in [0.5, 0.6) is 0 Å². The van der Waals surface area contributed by atoms with Crippen LogP contribution in [-0.4, -0.2) is 48.5 Å². The largest absolute Gasteiger partial charge is 0.389 e. The third kappa shape index (κ3) is 3.43. The first-order valence-electron chi connectivity index (χ1n) is 7.63. The first kappa shape index (κ1) is 14.5. The Morgan fingerprint density at radius 2 is 2.05 bits per heavy atom. The third-order valence-corrected chi connectivity index (χ3v) is 4.34. The van der Waals surface area contributed by atoms with Gasteiger partial charge in [0, 0.05) is 18.2 Å². The summed E-state index contributed by atoms with van der Waals surface area (Å²) in [6.45, 7) is 0.835. The maximum atomic E-state index is 12.0. The van der Waals surface area contributed by atoms with Crippen LogP contribution in [0.4, 0.5) is 0 Å². The van der Waals surface area contributed by atoms with Crippen molar-refractivity contribution in [2.45, 2.75) is 43.6 Å². The summed E-state index contributed by atoms with van der Waals surface area (Å²) in [5.74, 6) is -0.137. The quantitative estimate of drug-likeness (QED) is 0.746. The zero-order valence-corrected chi connectivity index (χ0v) is 12.0. The Morgan fingerprint density at radius 3 is 2.71 bits per heavy atom. The van der Waals surface area contributed by atoms with Gasteiger partial charge in [0.1, 0.15) is 6.10 Å². The van der Waals surface area contributed by atoms with E-state index in [1.807, 2.05) is 18.2 Å². The van der Waals surface area contributed by atoms with Crippen LogP contribution in [0.15, 0.2) is 30.3 Å². The summed E-state index contributed by atoms with van der Waals surface area (Å²) in [7, 11) is 0. The van der Waals surface area contributed by atoms with E-state index in [1.165, 1.54) is 19.3 Å². The molecule has 3 N–H and O–H groups in total. The average molecular weight is 290 g/mol. The van der Waals surface area contributed by atoms with Crippen molar-refractivity contribution in [1.29, 1.82) is 0 Å². The van der Waals surface area contributed by atoms with Gasteiger partial charge in [-0.3, -0.25) is 4.79 Å². The zero-order chi connectivity index (χ0) is 14.7. The summed E-state index contributed by atoms with van der Waals surface area (Å²) in [6, 6.07) is 9.56. The van der Waals surface area contributed by atoms with Crippen LogP contribution in [-0.2, 0) is 4.74 Å². The number of nitrogens with one attached hydrogen (secondary N) is 2. The monoisotopic (exact) mass is 290 g/mol. The second-order valence-electron chi connectivity index (χ2n) is 5.84. The molecule has 21 heavy (non-hydrogen) atoms. The summed E-state index contributed by atoms with van der Waals surface area (Å²) in [5, 5.41) is 16.5. The van der Waals surface area contributed by atoms with Crippen molar-refractivity contribution in [2.24, 2.45) is 0 Å². The molecule has 1 aliphatic carbocycles. The van der Waals surface area contributed by atoms with Gasteiger partial charge in [0.25, 0.3) is 5.91 Å². The van der Waals surface area contributed by atoms with Gasteiger partial charge < -0.3 is 20.5 Å². The number of benzene rings is 1. The summed E-state index contributed by atoms with van der Waals surface area (Å²) in [6.07, 6.45) is 2.71. The van der Waals surface area contributed by atoms with Gasteiger partial charge in [-0.15, -0.1) is 0 Å². The highest BCUT2D eigenvalue weighted by atomic mass is 16.5. The fourth-order valence-electron chi connectivity index (χ4n) is 2.77. The van der Waals surface area contributed by atoms with E-state index in [0.29, 0.717) is 24.8 Å². The second kappa shape index (κ2) is 6.56. The van der Waals surface area contributed by atoms with Crippen molar-refractivity contribution in [1.82, 2.24) is 10.6 Å². The number of ether oxygens (including phenoxy) is 1. The number of hydrogen-bond donors (Lipinski definition) is 3. The topological polar surface area (TPSA) is 70.6 Å². The highest BCUT2D eigenvalue weighted by Crippen LogP contribution is 2.22. The SMILES string of the molecule is O=C(NCC1OCC(NC2CCC2)C1O)c1ccccc1. The fraction of sp³-hybridized carbons (Fsp3) is 0.562. The second-order valence-corrected chi connectivity index (χ2v) is 5.84. The van der Waals surface area contributed by atoms with Gasteiger partial charge in [-0.25, -0.2) is 0 Å². The summed E-state index contributed by atoms with van der Waals surface area (Å²) in [4.78, 5) is 12.0. The van der Waals surface area contributed by atoms with Gasteiger partial charge in [0.05, 0.1) is 18.8 Å². The molecular weight excluding hydrogens is 268 g/mol. The maximum absolute atomic E-state index is 12.0. The Kier molecular flexibility index (Phi) is 4.53. The molecule has 1 amide bonds. The van der Waals surface area contributed by atoms with E-state index in [9.17, 15) is 9.90 Å². The number of carbonyl (C=O) groups excluding carboxylic acids is 1. The Morgan fingerprint density at radius 1 is 1.29 bits per heavy atom. The van der Waals surface area contributed by atoms with Crippen LogP contribution in [0.1, 0.15) is 29.6 Å². The predicted molar refractivity (Wildman–Crippen MR) is 79.1 cm³/mol. The highest BCUT2D eigenvalue weighted by Gasteiger charge is 2.37.